The van der Waals surface area contributed by atoms with E-state index in [0.29, 0.717) is 6.42 Å². The van der Waals surface area contributed by atoms with Crippen molar-refractivity contribution in [1.29, 1.82) is 0 Å². The highest BCUT2D eigenvalue weighted by atomic mass is 16.5. The van der Waals surface area contributed by atoms with Crippen LogP contribution in [0, 0.1) is 23.2 Å². The van der Waals surface area contributed by atoms with E-state index in [9.17, 15) is 9.59 Å². The molecule has 0 aromatic carbocycles. The summed E-state index contributed by atoms with van der Waals surface area (Å²) in [5.41, 5.74) is 1.25. The zero-order chi connectivity index (χ0) is 23.9. The van der Waals surface area contributed by atoms with Crippen LogP contribution in [0.25, 0.3) is 0 Å². The van der Waals surface area contributed by atoms with Gasteiger partial charge in [-0.3, -0.25) is 9.59 Å². The summed E-state index contributed by atoms with van der Waals surface area (Å²) >= 11 is 0. The molecule has 0 fully saturated rings. The summed E-state index contributed by atoms with van der Waals surface area (Å²) in [6.45, 7) is 11.8. The van der Waals surface area contributed by atoms with E-state index in [1.807, 2.05) is 34.6 Å². The van der Waals surface area contributed by atoms with Crippen LogP contribution in [-0.2, 0) is 19.1 Å². The molecule has 180 valence electrons. The first kappa shape index (κ1) is 29.4. The fraction of sp³-hybridized carbons (Fsp3) is 0.778. The quantitative estimate of drug-likeness (QED) is 0.311. The van der Waals surface area contributed by atoms with Crippen molar-refractivity contribution in [2.75, 3.05) is 14.2 Å². The minimum Gasteiger partial charge on any atom is -0.469 e. The molecule has 0 aromatic rings. The molecule has 2 unspecified atom stereocenters. The lowest BCUT2D eigenvalue weighted by Gasteiger charge is -2.37. The number of carbonyl (C=O) groups excluding carboxylic acids is 2. The third-order valence-electron chi connectivity index (χ3n) is 6.01. The summed E-state index contributed by atoms with van der Waals surface area (Å²) in [7, 11) is 2.86. The third-order valence-corrected chi connectivity index (χ3v) is 6.01. The van der Waals surface area contributed by atoms with Crippen molar-refractivity contribution in [3.05, 3.63) is 23.8 Å². The van der Waals surface area contributed by atoms with Gasteiger partial charge in [-0.25, -0.2) is 0 Å². The van der Waals surface area contributed by atoms with Crippen molar-refractivity contribution in [2.24, 2.45) is 23.2 Å². The lowest BCUT2D eigenvalue weighted by molar-refractivity contribution is -0.149. The summed E-state index contributed by atoms with van der Waals surface area (Å²) in [5, 5.41) is 0. The molecule has 0 aromatic heterocycles. The van der Waals surface area contributed by atoms with Crippen molar-refractivity contribution >= 4 is 11.9 Å². The number of carbonyl (C=O) groups is 2. The average molecular weight is 437 g/mol. The minimum absolute atomic E-state index is 0.0713. The van der Waals surface area contributed by atoms with Gasteiger partial charge >= 0.3 is 11.9 Å². The highest BCUT2D eigenvalue weighted by Crippen LogP contribution is 2.42. The highest BCUT2D eigenvalue weighted by molar-refractivity contribution is 5.75. The molecule has 0 spiro atoms. The van der Waals surface area contributed by atoms with Gasteiger partial charge in [0.05, 0.1) is 19.6 Å². The van der Waals surface area contributed by atoms with Gasteiger partial charge < -0.3 is 9.47 Å². The number of methoxy groups -OCH3 is 2. The van der Waals surface area contributed by atoms with E-state index in [0.717, 1.165) is 30.6 Å². The van der Waals surface area contributed by atoms with Gasteiger partial charge in [-0.15, -0.1) is 0 Å². The van der Waals surface area contributed by atoms with E-state index in [4.69, 9.17) is 0 Å². The van der Waals surface area contributed by atoms with Crippen molar-refractivity contribution in [3.63, 3.8) is 0 Å². The molecule has 2 aliphatic carbocycles. The normalized spacial score (nSPS) is 21.9. The zero-order valence-electron chi connectivity index (χ0n) is 21.5. The molecular weight excluding hydrogens is 388 g/mol. The number of fused-ring (bicyclic) bond motifs is 1. The van der Waals surface area contributed by atoms with Crippen molar-refractivity contribution in [3.8, 4) is 0 Å². The Morgan fingerprint density at radius 2 is 1.68 bits per heavy atom. The summed E-state index contributed by atoms with van der Waals surface area (Å²) in [4.78, 5) is 21.7. The van der Waals surface area contributed by atoms with Gasteiger partial charge in [-0.05, 0) is 76.2 Å². The lowest BCUT2D eigenvalue weighted by atomic mass is 9.68. The number of esters is 2. The molecule has 0 saturated carbocycles. The van der Waals surface area contributed by atoms with Gasteiger partial charge in [0, 0.05) is 6.42 Å². The molecule has 0 heterocycles. The van der Waals surface area contributed by atoms with Crippen LogP contribution < -0.4 is 0 Å². The smallest absolute Gasteiger partial charge is 0.310 e. The van der Waals surface area contributed by atoms with Gasteiger partial charge in [-0.1, -0.05) is 58.3 Å². The molecule has 31 heavy (non-hydrogen) atoms. The molecule has 2 aliphatic rings. The van der Waals surface area contributed by atoms with E-state index >= 15 is 0 Å². The second-order valence-electron chi connectivity index (χ2n) is 9.39. The Morgan fingerprint density at radius 1 is 1.03 bits per heavy atom. The van der Waals surface area contributed by atoms with Crippen LogP contribution in [-0.4, -0.2) is 26.2 Å². The maximum atomic E-state index is 11.1. The van der Waals surface area contributed by atoms with Crippen LogP contribution in [0.4, 0.5) is 0 Å². The van der Waals surface area contributed by atoms with E-state index in [2.05, 4.69) is 34.6 Å². The molecule has 3 atom stereocenters. The molecule has 0 saturated heterocycles. The van der Waals surface area contributed by atoms with E-state index < -0.39 is 0 Å². The summed E-state index contributed by atoms with van der Waals surface area (Å²) in [5.74, 6) is 2.13. The molecule has 0 N–H and O–H groups in total. The molecule has 0 radical (unpaired) electrons. The first-order valence-corrected chi connectivity index (χ1v) is 12.2. The van der Waals surface area contributed by atoms with Crippen molar-refractivity contribution in [2.45, 2.75) is 99.3 Å². The van der Waals surface area contributed by atoms with Crippen LogP contribution in [0.2, 0.25) is 0 Å². The monoisotopic (exact) mass is 436 g/mol. The fourth-order valence-corrected chi connectivity index (χ4v) is 4.22. The Labute approximate surface area is 191 Å². The van der Waals surface area contributed by atoms with Crippen LogP contribution in [0.15, 0.2) is 23.8 Å². The maximum absolute atomic E-state index is 11.1. The number of hydrogen-bond acceptors (Lipinski definition) is 4. The van der Waals surface area contributed by atoms with Gasteiger partial charge in [-0.2, -0.15) is 0 Å². The number of hydrogen-bond donors (Lipinski definition) is 0. The number of rotatable bonds is 7. The summed E-state index contributed by atoms with van der Waals surface area (Å²) in [6.07, 6.45) is 17.9. The van der Waals surface area contributed by atoms with Gasteiger partial charge in [0.1, 0.15) is 0 Å². The number of ether oxygens (including phenoxy) is 2. The molecule has 4 nitrogen and oxygen atoms in total. The molecule has 4 heteroatoms. The molecule has 2 rings (SSSR count). The molecule has 0 amide bonds. The van der Waals surface area contributed by atoms with Crippen LogP contribution >= 0.6 is 0 Å². The minimum atomic E-state index is -0.352. The van der Waals surface area contributed by atoms with Gasteiger partial charge in [0.25, 0.3) is 0 Å². The predicted molar refractivity (Wildman–Crippen MR) is 130 cm³/mol. The average Bonchev–Trinajstić information content (AvgIpc) is 2.77. The van der Waals surface area contributed by atoms with E-state index in [-0.39, 0.29) is 17.4 Å². The first-order valence-electron chi connectivity index (χ1n) is 12.2. The fourth-order valence-electron chi connectivity index (χ4n) is 4.22. The lowest BCUT2D eigenvalue weighted by Crippen LogP contribution is -2.27. The second-order valence-corrected chi connectivity index (χ2v) is 9.39. The number of unbranched alkanes of at least 4 members (excludes halogenated alkanes) is 3. The van der Waals surface area contributed by atoms with Gasteiger partial charge in [0.2, 0.25) is 0 Å². The topological polar surface area (TPSA) is 52.6 Å². The standard InChI is InChI=1S/C19H30O2.C6H12O2.C2H6/c1-15-13-14-16-9-7-8-11-18(16)17(15)10-5-3-4-6-12-19(20)21-2;1-6(2,3)5(7)8-4;1-2/h9,13-15,17-18H,3-8,10-12H2,1-2H3;1-4H3;1-2H3/t15?,17-,18?;;/m0../s1. The van der Waals surface area contributed by atoms with Crippen molar-refractivity contribution in [1.82, 2.24) is 0 Å². The second kappa shape index (κ2) is 16.1. The van der Waals surface area contributed by atoms with Crippen LogP contribution in [0.3, 0.4) is 0 Å². The van der Waals surface area contributed by atoms with Crippen LogP contribution in [0.5, 0.6) is 0 Å². The Balaban J connectivity index is 0.000000762. The van der Waals surface area contributed by atoms with Crippen LogP contribution in [0.1, 0.15) is 99.3 Å². The molecular formula is C27H48O4. The Morgan fingerprint density at radius 3 is 2.23 bits per heavy atom. The largest absolute Gasteiger partial charge is 0.469 e. The molecule has 0 bridgehead atoms. The third kappa shape index (κ3) is 11.6. The van der Waals surface area contributed by atoms with Crippen molar-refractivity contribution < 1.29 is 19.1 Å². The Bertz CT molecular complexity index is 568. The Kier molecular flexibility index (Phi) is 15.3. The summed E-state index contributed by atoms with van der Waals surface area (Å²) in [6, 6.07) is 0. The first-order chi connectivity index (χ1) is 14.7. The summed E-state index contributed by atoms with van der Waals surface area (Å²) < 4.78 is 9.15. The van der Waals surface area contributed by atoms with E-state index in [1.165, 1.54) is 52.7 Å². The SMILES string of the molecule is CC.COC(=O)C(C)(C)C.COC(=O)CCCCCC[C@H]1C(C)C=CC2=CCCCC21. The molecule has 0 aliphatic heterocycles. The zero-order valence-corrected chi connectivity index (χ0v) is 21.5. The number of allylic oxidation sites excluding steroid dienone is 4. The maximum Gasteiger partial charge on any atom is 0.310 e. The Hall–Kier alpha value is -1.58. The predicted octanol–water partition coefficient (Wildman–Crippen LogP) is 7.28. The highest BCUT2D eigenvalue weighted by Gasteiger charge is 2.31. The van der Waals surface area contributed by atoms with Gasteiger partial charge in [0.15, 0.2) is 0 Å². The van der Waals surface area contributed by atoms with E-state index in [1.54, 1.807) is 5.57 Å².